The average Bonchev–Trinajstić information content (AvgIpc) is 3.58. The van der Waals surface area contributed by atoms with Crippen molar-refractivity contribution in [3.8, 4) is 0 Å². The summed E-state index contributed by atoms with van der Waals surface area (Å²) in [5.41, 5.74) is 17.2. The Labute approximate surface area is 356 Å². The first-order valence-corrected chi connectivity index (χ1v) is 21.7. The molecule has 60 heavy (non-hydrogen) atoms. The van der Waals surface area contributed by atoms with Crippen LogP contribution in [-0.4, -0.2) is 11.4 Å². The minimum atomic E-state index is -0.0661. The molecule has 0 saturated heterocycles. The molecule has 0 saturated carbocycles. The minimum Gasteiger partial charge on any atom is -0.246 e. The molecule has 0 unspecified atom stereocenters. The van der Waals surface area contributed by atoms with Gasteiger partial charge in [0.05, 0.1) is 22.8 Å². The van der Waals surface area contributed by atoms with Gasteiger partial charge in [-0.3, -0.25) is 0 Å². The Morgan fingerprint density at radius 1 is 0.433 bits per heavy atom. The molecule has 8 aromatic rings. The van der Waals surface area contributed by atoms with Crippen molar-refractivity contribution >= 4 is 33.6 Å². The summed E-state index contributed by atoms with van der Waals surface area (Å²) < 4.78 is 0. The fourth-order valence-electron chi connectivity index (χ4n) is 9.35. The van der Waals surface area contributed by atoms with Gasteiger partial charge in [0.1, 0.15) is 0 Å². The third-order valence-corrected chi connectivity index (χ3v) is 12.2. The third kappa shape index (κ3) is 7.78. The van der Waals surface area contributed by atoms with Crippen LogP contribution >= 0.6 is 0 Å². The Morgan fingerprint density at radius 3 is 1.35 bits per heavy atom. The molecule has 0 atom stereocenters. The van der Waals surface area contributed by atoms with Gasteiger partial charge in [-0.25, -0.2) is 9.98 Å². The van der Waals surface area contributed by atoms with E-state index in [1.807, 2.05) is 0 Å². The number of aryl methyl sites for hydroxylation is 3. The number of nitrogens with zero attached hydrogens (tertiary/aromatic N) is 2. The second-order valence-corrected chi connectivity index (χ2v) is 16.3. The number of para-hydroxylation sites is 1. The SMILES string of the molecule is CCCCCCc1cccc(C)c1N=C1C(=Nc2c(C(c3ccccc3)c3ccccc3)cc(C)cc2C(c2ccccc2)c2ccccc2)c2cccc3cccc1c23. The van der Waals surface area contributed by atoms with Crippen molar-refractivity contribution in [2.45, 2.75) is 64.7 Å². The molecule has 1 aliphatic rings. The first-order valence-electron chi connectivity index (χ1n) is 21.7. The number of benzene rings is 8. The summed E-state index contributed by atoms with van der Waals surface area (Å²) in [7, 11) is 0. The van der Waals surface area contributed by atoms with E-state index in [-0.39, 0.29) is 11.8 Å². The quantitative estimate of drug-likeness (QED) is 0.0823. The topological polar surface area (TPSA) is 24.7 Å². The standard InChI is InChI=1S/C58H52N2/c1-4-5-6-11-32-47-35-20-23-41(3)55(47)59-57-48-36-21-33-46-34-22-37-49(54(46)48)58(57)60-56-50(52(42-24-12-7-13-25-42)43-26-14-8-15-27-43)38-40(2)39-51(56)53(44-28-16-9-17-29-44)45-30-18-10-19-31-45/h7-10,12-31,33-39,52-53H,4-6,11,32H2,1-3H3. The molecule has 0 spiro atoms. The molecule has 0 aliphatic heterocycles. The molecular weight excluding hydrogens is 725 g/mol. The Bertz CT molecular complexity index is 2610. The molecule has 0 radical (unpaired) electrons. The predicted octanol–water partition coefficient (Wildman–Crippen LogP) is 15.2. The highest BCUT2D eigenvalue weighted by atomic mass is 14.8. The first kappa shape index (κ1) is 38.9. The molecule has 9 rings (SSSR count). The van der Waals surface area contributed by atoms with Crippen LogP contribution in [0, 0.1) is 13.8 Å². The minimum absolute atomic E-state index is 0.0661. The Kier molecular flexibility index (Phi) is 11.5. The molecular formula is C58H52N2. The smallest absolute Gasteiger partial charge is 0.0979 e. The monoisotopic (exact) mass is 776 g/mol. The maximum absolute atomic E-state index is 6.09. The number of aliphatic imine (C=N–C) groups is 2. The van der Waals surface area contributed by atoms with Gasteiger partial charge in [-0.05, 0) is 76.6 Å². The van der Waals surface area contributed by atoms with E-state index < -0.39 is 0 Å². The van der Waals surface area contributed by atoms with Crippen LogP contribution in [0.15, 0.2) is 198 Å². The lowest BCUT2D eigenvalue weighted by molar-refractivity contribution is 0.667. The summed E-state index contributed by atoms with van der Waals surface area (Å²) in [4.78, 5) is 11.9. The van der Waals surface area contributed by atoms with Gasteiger partial charge in [0.25, 0.3) is 0 Å². The van der Waals surface area contributed by atoms with Crippen LogP contribution in [-0.2, 0) is 6.42 Å². The number of hydrogen-bond acceptors (Lipinski definition) is 2. The maximum Gasteiger partial charge on any atom is 0.0979 e. The van der Waals surface area contributed by atoms with Crippen LogP contribution in [0.3, 0.4) is 0 Å². The second-order valence-electron chi connectivity index (χ2n) is 16.3. The predicted molar refractivity (Wildman–Crippen MR) is 254 cm³/mol. The van der Waals surface area contributed by atoms with Crippen LogP contribution < -0.4 is 0 Å². The Balaban J connectivity index is 1.37. The van der Waals surface area contributed by atoms with E-state index in [2.05, 4.69) is 209 Å². The second kappa shape index (κ2) is 17.7. The molecule has 0 fully saturated rings. The lowest BCUT2D eigenvalue weighted by Gasteiger charge is -2.27. The zero-order valence-electron chi connectivity index (χ0n) is 35.0. The lowest BCUT2D eigenvalue weighted by Crippen LogP contribution is -2.13. The van der Waals surface area contributed by atoms with E-state index in [0.29, 0.717) is 0 Å². The van der Waals surface area contributed by atoms with Gasteiger partial charge in [0.15, 0.2) is 0 Å². The highest BCUT2D eigenvalue weighted by Gasteiger charge is 2.32. The molecule has 2 nitrogen and oxygen atoms in total. The fourth-order valence-corrected chi connectivity index (χ4v) is 9.35. The van der Waals surface area contributed by atoms with Crippen molar-refractivity contribution in [3.63, 3.8) is 0 Å². The molecule has 1 aliphatic carbocycles. The summed E-state index contributed by atoms with van der Waals surface area (Å²) in [6.45, 7) is 6.72. The van der Waals surface area contributed by atoms with Crippen LogP contribution in [0.1, 0.15) is 106 Å². The van der Waals surface area contributed by atoms with Crippen LogP contribution in [0.25, 0.3) is 10.8 Å². The maximum atomic E-state index is 6.09. The van der Waals surface area contributed by atoms with Gasteiger partial charge in [-0.1, -0.05) is 220 Å². The highest BCUT2D eigenvalue weighted by molar-refractivity contribution is 6.61. The zero-order valence-corrected chi connectivity index (χ0v) is 35.0. The van der Waals surface area contributed by atoms with E-state index in [4.69, 9.17) is 9.98 Å². The van der Waals surface area contributed by atoms with Crippen molar-refractivity contribution in [3.05, 3.63) is 249 Å². The van der Waals surface area contributed by atoms with Gasteiger partial charge in [-0.15, -0.1) is 0 Å². The molecule has 294 valence electrons. The van der Waals surface area contributed by atoms with Crippen molar-refractivity contribution in [2.75, 3.05) is 0 Å². The van der Waals surface area contributed by atoms with Crippen LogP contribution in [0.2, 0.25) is 0 Å². The Morgan fingerprint density at radius 2 is 0.883 bits per heavy atom. The summed E-state index contributed by atoms with van der Waals surface area (Å²) >= 11 is 0. The molecule has 0 N–H and O–H groups in total. The molecule has 0 bridgehead atoms. The number of rotatable bonds is 13. The largest absolute Gasteiger partial charge is 0.246 e. The highest BCUT2D eigenvalue weighted by Crippen LogP contribution is 2.47. The lowest BCUT2D eigenvalue weighted by atomic mass is 9.78. The number of unbranched alkanes of at least 4 members (excludes halogenated alkanes) is 3. The first-order chi connectivity index (χ1) is 29.6. The molecule has 0 heterocycles. The Hall–Kier alpha value is -6.64. The van der Waals surface area contributed by atoms with Crippen molar-refractivity contribution in [1.82, 2.24) is 0 Å². The summed E-state index contributed by atoms with van der Waals surface area (Å²) in [5.74, 6) is -0.132. The fraction of sp³-hybridized carbons (Fsp3) is 0.172. The normalized spacial score (nSPS) is 13.6. The van der Waals surface area contributed by atoms with Gasteiger partial charge >= 0.3 is 0 Å². The summed E-state index contributed by atoms with van der Waals surface area (Å²) in [6, 6.07) is 68.6. The summed E-state index contributed by atoms with van der Waals surface area (Å²) in [6.07, 6.45) is 5.87. The third-order valence-electron chi connectivity index (χ3n) is 12.2. The van der Waals surface area contributed by atoms with Gasteiger partial charge < -0.3 is 0 Å². The molecule has 0 amide bonds. The molecule has 2 heteroatoms. The van der Waals surface area contributed by atoms with Gasteiger partial charge in [0.2, 0.25) is 0 Å². The van der Waals surface area contributed by atoms with Crippen molar-refractivity contribution in [2.24, 2.45) is 9.98 Å². The van der Waals surface area contributed by atoms with Crippen molar-refractivity contribution in [1.29, 1.82) is 0 Å². The van der Waals surface area contributed by atoms with E-state index in [1.165, 1.54) is 80.1 Å². The summed E-state index contributed by atoms with van der Waals surface area (Å²) in [5, 5.41) is 2.42. The van der Waals surface area contributed by atoms with E-state index in [0.717, 1.165) is 46.8 Å². The molecule has 8 aromatic carbocycles. The van der Waals surface area contributed by atoms with Crippen LogP contribution in [0.4, 0.5) is 11.4 Å². The van der Waals surface area contributed by atoms with E-state index in [1.54, 1.807) is 0 Å². The van der Waals surface area contributed by atoms with E-state index in [9.17, 15) is 0 Å². The van der Waals surface area contributed by atoms with Gasteiger partial charge in [-0.2, -0.15) is 0 Å². The van der Waals surface area contributed by atoms with Gasteiger partial charge in [0, 0.05) is 28.3 Å². The number of hydrogen-bond donors (Lipinski definition) is 0. The average molecular weight is 777 g/mol. The molecule has 0 aromatic heterocycles. The van der Waals surface area contributed by atoms with Crippen molar-refractivity contribution < 1.29 is 0 Å². The zero-order chi connectivity index (χ0) is 40.8. The van der Waals surface area contributed by atoms with Crippen LogP contribution in [0.5, 0.6) is 0 Å². The van der Waals surface area contributed by atoms with E-state index >= 15 is 0 Å².